The van der Waals surface area contributed by atoms with Crippen molar-refractivity contribution in [2.24, 2.45) is 0 Å². The molecule has 2 heteroatoms. The van der Waals surface area contributed by atoms with Gasteiger partial charge < -0.3 is 9.80 Å². The van der Waals surface area contributed by atoms with Crippen LogP contribution >= 0.6 is 0 Å². The van der Waals surface area contributed by atoms with Crippen LogP contribution in [0.3, 0.4) is 0 Å². The van der Waals surface area contributed by atoms with Gasteiger partial charge >= 0.3 is 0 Å². The summed E-state index contributed by atoms with van der Waals surface area (Å²) in [6, 6.07) is 97.8. The second kappa shape index (κ2) is 16.0. The largest absolute Gasteiger partial charge is 0.310 e. The maximum atomic E-state index is 2.54. The number of rotatable bonds is 9. The molecule has 0 unspecified atom stereocenters. The van der Waals surface area contributed by atoms with Gasteiger partial charge in [-0.2, -0.15) is 0 Å². The molecule has 12 rings (SSSR count). The summed E-state index contributed by atoms with van der Waals surface area (Å²) in [5.41, 5.74) is 15.7. The van der Waals surface area contributed by atoms with Gasteiger partial charge in [-0.05, 0) is 116 Å². The Morgan fingerprint density at radius 1 is 0.277 bits per heavy atom. The van der Waals surface area contributed by atoms with Gasteiger partial charge in [-0.15, -0.1) is 0 Å². The SMILES string of the molecule is c1ccc(-c2cc(N(c3ccccc3)c3ccccc3)cc(N(c3ccccc3)c3c4c(cc5c3ccc3ccccc35)C(c3ccccc3)(c3ccccc3)c3ccccc3-4)c2)cc1. The van der Waals surface area contributed by atoms with Crippen molar-refractivity contribution >= 4 is 55.7 Å². The Balaban J connectivity index is 1.25. The lowest BCUT2D eigenvalue weighted by atomic mass is 9.67. The zero-order chi connectivity index (χ0) is 43.2. The van der Waals surface area contributed by atoms with Gasteiger partial charge in [0.2, 0.25) is 0 Å². The van der Waals surface area contributed by atoms with Crippen molar-refractivity contribution in [1.29, 1.82) is 0 Å². The minimum absolute atomic E-state index is 0.606. The summed E-state index contributed by atoms with van der Waals surface area (Å²) < 4.78 is 0. The Bertz CT molecular complexity index is 3380. The second-order valence-electron chi connectivity index (χ2n) is 16.8. The first-order valence-corrected chi connectivity index (χ1v) is 22.4. The van der Waals surface area contributed by atoms with Gasteiger partial charge in [-0.1, -0.05) is 206 Å². The van der Waals surface area contributed by atoms with Gasteiger partial charge in [-0.25, -0.2) is 0 Å². The van der Waals surface area contributed by atoms with Crippen LogP contribution in [-0.4, -0.2) is 0 Å². The van der Waals surface area contributed by atoms with Crippen LogP contribution in [0.25, 0.3) is 43.8 Å². The highest BCUT2D eigenvalue weighted by atomic mass is 15.2. The van der Waals surface area contributed by atoms with Gasteiger partial charge in [-0.3, -0.25) is 0 Å². The van der Waals surface area contributed by atoms with Gasteiger partial charge in [0.1, 0.15) is 0 Å². The Morgan fingerprint density at radius 2 is 0.754 bits per heavy atom. The summed E-state index contributed by atoms with van der Waals surface area (Å²) in [7, 11) is 0. The average Bonchev–Trinajstić information content (AvgIpc) is 3.68. The molecule has 65 heavy (non-hydrogen) atoms. The summed E-state index contributed by atoms with van der Waals surface area (Å²) in [4.78, 5) is 4.92. The quantitative estimate of drug-likeness (QED) is 0.134. The van der Waals surface area contributed by atoms with E-state index in [1.54, 1.807) is 0 Å². The molecule has 0 heterocycles. The lowest BCUT2D eigenvalue weighted by molar-refractivity contribution is 0.769. The van der Waals surface area contributed by atoms with E-state index in [1.165, 1.54) is 54.9 Å². The van der Waals surface area contributed by atoms with Crippen molar-refractivity contribution in [3.05, 3.63) is 289 Å². The molecule has 306 valence electrons. The van der Waals surface area contributed by atoms with Crippen LogP contribution in [0, 0.1) is 0 Å². The first kappa shape index (κ1) is 38.2. The van der Waals surface area contributed by atoms with E-state index >= 15 is 0 Å². The van der Waals surface area contributed by atoms with E-state index < -0.39 is 5.41 Å². The normalized spacial score (nSPS) is 12.4. The highest BCUT2D eigenvalue weighted by Gasteiger charge is 2.48. The number of hydrogen-bond acceptors (Lipinski definition) is 2. The summed E-state index contributed by atoms with van der Waals surface area (Å²) in [6.45, 7) is 0. The van der Waals surface area contributed by atoms with Crippen molar-refractivity contribution < 1.29 is 0 Å². The molecule has 0 atom stereocenters. The van der Waals surface area contributed by atoms with Gasteiger partial charge in [0.05, 0.1) is 11.1 Å². The fourth-order valence-electron chi connectivity index (χ4n) is 10.5. The number of fused-ring (bicyclic) bond motifs is 6. The van der Waals surface area contributed by atoms with Crippen LogP contribution in [0.15, 0.2) is 267 Å². The van der Waals surface area contributed by atoms with E-state index in [9.17, 15) is 0 Å². The maximum absolute atomic E-state index is 2.54. The Morgan fingerprint density at radius 3 is 1.35 bits per heavy atom. The molecule has 0 fully saturated rings. The van der Waals surface area contributed by atoms with Gasteiger partial charge in [0.15, 0.2) is 0 Å². The van der Waals surface area contributed by atoms with Crippen molar-refractivity contribution in [2.75, 3.05) is 9.80 Å². The first-order chi connectivity index (χ1) is 32.3. The molecule has 0 radical (unpaired) electrons. The monoisotopic (exact) mass is 828 g/mol. The Kier molecular flexibility index (Phi) is 9.43. The fourth-order valence-corrected chi connectivity index (χ4v) is 10.5. The lowest BCUT2D eigenvalue weighted by Crippen LogP contribution is -2.28. The number of para-hydroxylation sites is 3. The topological polar surface area (TPSA) is 6.48 Å². The summed E-state index contributed by atoms with van der Waals surface area (Å²) in [6.07, 6.45) is 0. The summed E-state index contributed by atoms with van der Waals surface area (Å²) in [5.74, 6) is 0. The highest BCUT2D eigenvalue weighted by molar-refractivity contribution is 6.18. The first-order valence-electron chi connectivity index (χ1n) is 22.4. The molecule has 0 saturated heterocycles. The van der Waals surface area contributed by atoms with Gasteiger partial charge in [0.25, 0.3) is 0 Å². The number of anilines is 6. The third kappa shape index (κ3) is 6.33. The zero-order valence-corrected chi connectivity index (χ0v) is 35.8. The molecule has 0 aliphatic heterocycles. The van der Waals surface area contributed by atoms with Crippen LogP contribution in [0.4, 0.5) is 34.1 Å². The molecular weight excluding hydrogens is 785 g/mol. The number of benzene rings is 11. The Hall–Kier alpha value is -8.46. The molecule has 1 aliphatic carbocycles. The highest BCUT2D eigenvalue weighted by Crippen LogP contribution is 2.62. The molecule has 0 bridgehead atoms. The summed E-state index contributed by atoms with van der Waals surface area (Å²) >= 11 is 0. The molecular formula is C63H44N2. The van der Waals surface area contributed by atoms with Crippen LogP contribution in [0.5, 0.6) is 0 Å². The van der Waals surface area contributed by atoms with E-state index in [0.29, 0.717) is 0 Å². The minimum Gasteiger partial charge on any atom is -0.310 e. The number of nitrogens with zero attached hydrogens (tertiary/aromatic N) is 2. The van der Waals surface area contributed by atoms with Crippen LogP contribution in [0.2, 0.25) is 0 Å². The van der Waals surface area contributed by atoms with E-state index in [4.69, 9.17) is 0 Å². The molecule has 0 spiro atoms. The molecule has 11 aromatic carbocycles. The van der Waals surface area contributed by atoms with E-state index in [0.717, 1.165) is 45.3 Å². The average molecular weight is 829 g/mol. The van der Waals surface area contributed by atoms with Crippen molar-refractivity contribution in [3.8, 4) is 22.3 Å². The molecule has 0 saturated carbocycles. The molecule has 11 aromatic rings. The zero-order valence-electron chi connectivity index (χ0n) is 35.8. The minimum atomic E-state index is -0.606. The summed E-state index contributed by atoms with van der Waals surface area (Å²) in [5, 5.41) is 4.85. The van der Waals surface area contributed by atoms with Crippen molar-refractivity contribution in [2.45, 2.75) is 5.41 Å². The maximum Gasteiger partial charge on any atom is 0.0714 e. The smallest absolute Gasteiger partial charge is 0.0714 e. The number of hydrogen-bond donors (Lipinski definition) is 0. The standard InChI is InChI=1S/C63H44N2/c1-7-23-45(24-8-1)47-41-53(64(50-30-13-4-14-31-50)51-32-15-5-16-33-51)43-54(42-47)65(52-34-17-6-18-35-52)62-56-40-39-46-25-19-20-36-55(46)58(56)44-60-61(62)57-37-21-22-38-59(57)63(60,48-26-9-2-10-27-48)49-28-11-3-12-29-49/h1-44H. The van der Waals surface area contributed by atoms with Crippen molar-refractivity contribution in [1.82, 2.24) is 0 Å². The molecule has 0 aromatic heterocycles. The van der Waals surface area contributed by atoms with Crippen LogP contribution < -0.4 is 9.80 Å². The molecule has 2 nitrogen and oxygen atoms in total. The predicted octanol–water partition coefficient (Wildman–Crippen LogP) is 17.0. The lowest BCUT2D eigenvalue weighted by Gasteiger charge is -2.35. The fraction of sp³-hybridized carbons (Fsp3) is 0.0159. The molecule has 0 N–H and O–H groups in total. The van der Waals surface area contributed by atoms with Gasteiger partial charge in [0, 0.05) is 39.4 Å². The third-order valence-electron chi connectivity index (χ3n) is 13.2. The van der Waals surface area contributed by atoms with Crippen LogP contribution in [-0.2, 0) is 5.41 Å². The third-order valence-corrected chi connectivity index (χ3v) is 13.2. The van der Waals surface area contributed by atoms with Crippen LogP contribution in [0.1, 0.15) is 22.3 Å². The predicted molar refractivity (Wildman–Crippen MR) is 274 cm³/mol. The molecule has 0 amide bonds. The Labute approximate surface area is 380 Å². The van der Waals surface area contributed by atoms with E-state index in [1.807, 2.05) is 0 Å². The van der Waals surface area contributed by atoms with E-state index in [-0.39, 0.29) is 0 Å². The van der Waals surface area contributed by atoms with E-state index in [2.05, 4.69) is 277 Å². The second-order valence-corrected chi connectivity index (χ2v) is 16.8. The van der Waals surface area contributed by atoms with Crippen molar-refractivity contribution in [3.63, 3.8) is 0 Å². The molecule has 1 aliphatic rings.